The third kappa shape index (κ3) is 3.48. The second kappa shape index (κ2) is 6.81. The first-order valence-corrected chi connectivity index (χ1v) is 7.97. The summed E-state index contributed by atoms with van der Waals surface area (Å²) in [6.07, 6.45) is 9.61. The maximum absolute atomic E-state index is 4.02. The van der Waals surface area contributed by atoms with Crippen molar-refractivity contribution in [2.24, 2.45) is 0 Å². The van der Waals surface area contributed by atoms with Crippen LogP contribution in [0.1, 0.15) is 48.1 Å². The summed E-state index contributed by atoms with van der Waals surface area (Å²) in [7, 11) is 0. The van der Waals surface area contributed by atoms with Crippen LogP contribution in [-0.4, -0.2) is 16.7 Å². The molecule has 1 heterocycles. The Morgan fingerprint density at radius 3 is 2.86 bits per heavy atom. The molecule has 21 heavy (non-hydrogen) atoms. The van der Waals surface area contributed by atoms with E-state index < -0.39 is 0 Å². The van der Waals surface area contributed by atoms with Crippen LogP contribution < -0.4 is 5.32 Å². The highest BCUT2D eigenvalue weighted by Crippen LogP contribution is 2.25. The molecule has 1 aliphatic rings. The predicted molar refractivity (Wildman–Crippen MR) is 85.2 cm³/mol. The molecule has 0 bridgehead atoms. The zero-order valence-electron chi connectivity index (χ0n) is 12.7. The molecular weight excluding hydrogens is 258 g/mol. The number of benzene rings is 1. The molecule has 110 valence electrons. The number of nitrogens with zero attached hydrogens (tertiary/aromatic N) is 2. The molecule has 0 radical (unpaired) electrons. The van der Waals surface area contributed by atoms with E-state index in [2.05, 4.69) is 46.7 Å². The van der Waals surface area contributed by atoms with Crippen molar-refractivity contribution in [1.82, 2.24) is 15.5 Å². The van der Waals surface area contributed by atoms with Crippen LogP contribution in [0.5, 0.6) is 0 Å². The summed E-state index contributed by atoms with van der Waals surface area (Å²) in [5.41, 5.74) is 5.73. The van der Waals surface area contributed by atoms with E-state index in [0.29, 0.717) is 6.04 Å². The minimum atomic E-state index is 0.319. The van der Waals surface area contributed by atoms with Crippen molar-refractivity contribution < 1.29 is 0 Å². The summed E-state index contributed by atoms with van der Waals surface area (Å²) in [5.74, 6) is 0. The summed E-state index contributed by atoms with van der Waals surface area (Å²) in [4.78, 5) is 0. The number of aryl methyl sites for hydroxylation is 2. The second-order valence-corrected chi connectivity index (χ2v) is 5.84. The van der Waals surface area contributed by atoms with Gasteiger partial charge in [-0.3, -0.25) is 0 Å². The standard InChI is InChI=1S/C18H23N3/c1-2-9-19-18(17-8-10-20-21-13-17)12-14-6-7-15-4-3-5-16(15)11-14/h6-8,10-11,13,18-19H,2-5,9,12H2,1H3. The van der Waals surface area contributed by atoms with Crippen molar-refractivity contribution in [3.8, 4) is 0 Å². The zero-order chi connectivity index (χ0) is 14.5. The number of rotatable bonds is 6. The van der Waals surface area contributed by atoms with E-state index in [1.165, 1.54) is 30.4 Å². The molecule has 0 aliphatic heterocycles. The highest BCUT2D eigenvalue weighted by Gasteiger charge is 2.15. The van der Waals surface area contributed by atoms with Crippen LogP contribution in [0, 0.1) is 0 Å². The smallest absolute Gasteiger partial charge is 0.0544 e. The van der Waals surface area contributed by atoms with E-state index >= 15 is 0 Å². The number of hydrogen-bond acceptors (Lipinski definition) is 3. The lowest BCUT2D eigenvalue weighted by atomic mass is 9.97. The second-order valence-electron chi connectivity index (χ2n) is 5.84. The molecule has 3 nitrogen and oxygen atoms in total. The number of fused-ring (bicyclic) bond motifs is 1. The maximum atomic E-state index is 4.02. The lowest BCUT2D eigenvalue weighted by Gasteiger charge is -2.19. The Kier molecular flexibility index (Phi) is 4.61. The largest absolute Gasteiger partial charge is 0.310 e. The molecule has 3 heteroatoms. The van der Waals surface area contributed by atoms with Crippen molar-refractivity contribution in [3.05, 3.63) is 58.9 Å². The van der Waals surface area contributed by atoms with Gasteiger partial charge in [0.05, 0.1) is 6.20 Å². The fourth-order valence-corrected chi connectivity index (χ4v) is 3.12. The Bertz CT molecular complexity index is 580. The molecule has 1 aromatic heterocycles. The number of aromatic nitrogens is 2. The fourth-order valence-electron chi connectivity index (χ4n) is 3.12. The SMILES string of the molecule is CCCNC(Cc1ccc2c(c1)CCC2)c1ccnnc1. The van der Waals surface area contributed by atoms with Crippen LogP contribution in [0.25, 0.3) is 0 Å². The Balaban J connectivity index is 1.77. The van der Waals surface area contributed by atoms with Crippen molar-refractivity contribution in [2.45, 2.75) is 45.1 Å². The molecule has 1 aliphatic carbocycles. The summed E-state index contributed by atoms with van der Waals surface area (Å²) in [6, 6.07) is 9.39. The third-order valence-corrected chi connectivity index (χ3v) is 4.25. The molecule has 2 aromatic rings. The van der Waals surface area contributed by atoms with E-state index in [-0.39, 0.29) is 0 Å². The monoisotopic (exact) mass is 281 g/mol. The minimum Gasteiger partial charge on any atom is -0.310 e. The van der Waals surface area contributed by atoms with Gasteiger partial charge in [-0.05, 0) is 67.0 Å². The molecule has 0 saturated heterocycles. The Morgan fingerprint density at radius 2 is 2.05 bits per heavy atom. The van der Waals surface area contributed by atoms with E-state index in [0.717, 1.165) is 19.4 Å². The van der Waals surface area contributed by atoms with Gasteiger partial charge in [-0.15, -0.1) is 0 Å². The van der Waals surface area contributed by atoms with Crippen LogP contribution in [0.15, 0.2) is 36.7 Å². The molecule has 0 fully saturated rings. The normalized spacial score (nSPS) is 14.9. The Hall–Kier alpha value is -1.74. The molecule has 0 amide bonds. The molecule has 1 unspecified atom stereocenters. The Morgan fingerprint density at radius 1 is 1.14 bits per heavy atom. The summed E-state index contributed by atoms with van der Waals surface area (Å²) >= 11 is 0. The van der Waals surface area contributed by atoms with Gasteiger partial charge in [0.1, 0.15) is 0 Å². The average molecular weight is 281 g/mol. The van der Waals surface area contributed by atoms with Gasteiger partial charge in [-0.25, -0.2) is 0 Å². The maximum Gasteiger partial charge on any atom is 0.0544 e. The topological polar surface area (TPSA) is 37.8 Å². The fraction of sp³-hybridized carbons (Fsp3) is 0.444. The third-order valence-electron chi connectivity index (χ3n) is 4.25. The zero-order valence-corrected chi connectivity index (χ0v) is 12.7. The van der Waals surface area contributed by atoms with E-state index in [1.807, 2.05) is 6.20 Å². The van der Waals surface area contributed by atoms with Gasteiger partial charge in [0.15, 0.2) is 0 Å². The van der Waals surface area contributed by atoms with Crippen LogP contribution in [0.4, 0.5) is 0 Å². The lowest BCUT2D eigenvalue weighted by molar-refractivity contribution is 0.526. The van der Waals surface area contributed by atoms with Gasteiger partial charge in [0.2, 0.25) is 0 Å². The lowest BCUT2D eigenvalue weighted by Crippen LogP contribution is -2.24. The van der Waals surface area contributed by atoms with Crippen LogP contribution >= 0.6 is 0 Å². The highest BCUT2D eigenvalue weighted by molar-refractivity contribution is 5.36. The van der Waals surface area contributed by atoms with E-state index in [9.17, 15) is 0 Å². The van der Waals surface area contributed by atoms with Crippen LogP contribution in [0.3, 0.4) is 0 Å². The van der Waals surface area contributed by atoms with Crippen molar-refractivity contribution in [2.75, 3.05) is 6.54 Å². The van der Waals surface area contributed by atoms with Crippen LogP contribution in [-0.2, 0) is 19.3 Å². The number of hydrogen-bond donors (Lipinski definition) is 1. The van der Waals surface area contributed by atoms with Crippen LogP contribution in [0.2, 0.25) is 0 Å². The van der Waals surface area contributed by atoms with E-state index in [1.54, 1.807) is 17.3 Å². The highest BCUT2D eigenvalue weighted by atomic mass is 15.1. The number of nitrogens with one attached hydrogen (secondary N) is 1. The quantitative estimate of drug-likeness (QED) is 0.883. The molecule has 1 N–H and O–H groups in total. The summed E-state index contributed by atoms with van der Waals surface area (Å²) < 4.78 is 0. The molecule has 0 spiro atoms. The van der Waals surface area contributed by atoms with Gasteiger partial charge < -0.3 is 5.32 Å². The van der Waals surface area contributed by atoms with E-state index in [4.69, 9.17) is 0 Å². The van der Waals surface area contributed by atoms with Gasteiger partial charge in [-0.2, -0.15) is 10.2 Å². The first kappa shape index (κ1) is 14.2. The Labute approximate surface area is 126 Å². The van der Waals surface area contributed by atoms with Crippen molar-refractivity contribution in [1.29, 1.82) is 0 Å². The summed E-state index contributed by atoms with van der Waals surface area (Å²) in [5, 5.41) is 11.5. The van der Waals surface area contributed by atoms with Crippen molar-refractivity contribution >= 4 is 0 Å². The molecule has 1 atom stereocenters. The minimum absolute atomic E-state index is 0.319. The summed E-state index contributed by atoms with van der Waals surface area (Å²) in [6.45, 7) is 3.22. The molecule has 3 rings (SSSR count). The average Bonchev–Trinajstić information content (AvgIpc) is 3.00. The molecule has 0 saturated carbocycles. The molecular formula is C18H23N3. The van der Waals surface area contributed by atoms with Gasteiger partial charge >= 0.3 is 0 Å². The van der Waals surface area contributed by atoms with Gasteiger partial charge in [0.25, 0.3) is 0 Å². The predicted octanol–water partition coefficient (Wildman–Crippen LogP) is 3.25. The first-order valence-electron chi connectivity index (χ1n) is 7.97. The van der Waals surface area contributed by atoms with Gasteiger partial charge in [0, 0.05) is 12.2 Å². The molecule has 1 aromatic carbocycles. The van der Waals surface area contributed by atoms with Gasteiger partial charge in [-0.1, -0.05) is 25.1 Å². The van der Waals surface area contributed by atoms with Crippen molar-refractivity contribution in [3.63, 3.8) is 0 Å². The first-order chi connectivity index (χ1) is 10.4.